The molecule has 0 aliphatic carbocycles. The topological polar surface area (TPSA) is 76.2 Å². The molecule has 14 heavy (non-hydrogen) atoms. The van der Waals surface area contributed by atoms with E-state index in [0.717, 1.165) is 6.42 Å². The molecule has 0 atom stereocenters. The third-order valence-electron chi connectivity index (χ3n) is 1.75. The molecule has 5 nitrogen and oxygen atoms in total. The van der Waals surface area contributed by atoms with Gasteiger partial charge in [-0.15, -0.1) is 0 Å². The third kappa shape index (κ3) is 3.16. The molecule has 1 aromatic rings. The Bertz CT molecular complexity index is 325. The zero-order valence-corrected chi connectivity index (χ0v) is 8.57. The molecule has 0 aromatic carbocycles. The second-order valence-electron chi connectivity index (χ2n) is 4.38. The first-order chi connectivity index (χ1) is 6.38. The number of carboxylic acid groups (broad SMARTS) is 1. The van der Waals surface area contributed by atoms with Crippen molar-refractivity contribution in [1.82, 2.24) is 10.1 Å². The molecule has 0 radical (unpaired) electrons. The fourth-order valence-corrected chi connectivity index (χ4v) is 0.925. The highest BCUT2D eigenvalue weighted by Gasteiger charge is 2.16. The van der Waals surface area contributed by atoms with Crippen LogP contribution in [0.25, 0.3) is 0 Å². The second-order valence-corrected chi connectivity index (χ2v) is 4.38. The third-order valence-corrected chi connectivity index (χ3v) is 1.75. The maximum Gasteiger partial charge on any atom is 0.377 e. The van der Waals surface area contributed by atoms with Crippen molar-refractivity contribution < 1.29 is 14.4 Å². The normalized spacial score (nSPS) is 11.6. The smallest absolute Gasteiger partial charge is 0.377 e. The van der Waals surface area contributed by atoms with E-state index in [1.807, 2.05) is 0 Å². The molecule has 0 spiro atoms. The van der Waals surface area contributed by atoms with E-state index < -0.39 is 5.97 Å². The first-order valence-corrected chi connectivity index (χ1v) is 4.44. The van der Waals surface area contributed by atoms with E-state index in [2.05, 4.69) is 30.9 Å². The summed E-state index contributed by atoms with van der Waals surface area (Å²) in [5.41, 5.74) is 0.178. The minimum Gasteiger partial charge on any atom is -0.475 e. The minimum absolute atomic E-state index is 0.178. The van der Waals surface area contributed by atoms with Gasteiger partial charge in [0.1, 0.15) is 0 Å². The van der Waals surface area contributed by atoms with E-state index in [4.69, 9.17) is 9.63 Å². The molecule has 0 aliphatic rings. The lowest BCUT2D eigenvalue weighted by Gasteiger charge is -2.15. The zero-order chi connectivity index (χ0) is 10.8. The van der Waals surface area contributed by atoms with Crippen LogP contribution in [0, 0.1) is 5.41 Å². The lowest BCUT2D eigenvalue weighted by molar-refractivity contribution is 0.0680. The average Bonchev–Trinajstić information content (AvgIpc) is 2.47. The number of aryl methyl sites for hydroxylation is 1. The number of aromatic carboxylic acids is 1. The van der Waals surface area contributed by atoms with Crippen LogP contribution in [0.1, 0.15) is 43.7 Å². The van der Waals surface area contributed by atoms with E-state index in [9.17, 15) is 4.79 Å². The molecular formula is C9H14N2O3. The van der Waals surface area contributed by atoms with Gasteiger partial charge in [-0.25, -0.2) is 4.79 Å². The molecule has 0 bridgehead atoms. The Labute approximate surface area is 82.1 Å². The quantitative estimate of drug-likeness (QED) is 0.800. The van der Waals surface area contributed by atoms with Gasteiger partial charge in [-0.05, 0) is 17.0 Å². The number of aromatic nitrogens is 2. The van der Waals surface area contributed by atoms with Gasteiger partial charge in [0.05, 0.1) is 0 Å². The molecule has 1 heterocycles. The summed E-state index contributed by atoms with van der Waals surface area (Å²) in [5.74, 6) is -1.04. The highest BCUT2D eigenvalue weighted by Crippen LogP contribution is 2.20. The summed E-state index contributed by atoms with van der Waals surface area (Å²) >= 11 is 0. The second kappa shape index (κ2) is 3.77. The molecule has 5 heteroatoms. The van der Waals surface area contributed by atoms with E-state index in [1.54, 1.807) is 0 Å². The summed E-state index contributed by atoms with van der Waals surface area (Å²) in [6.07, 6.45) is 1.50. The summed E-state index contributed by atoms with van der Waals surface area (Å²) in [6, 6.07) is 0. The first-order valence-electron chi connectivity index (χ1n) is 4.44. The maximum absolute atomic E-state index is 10.4. The summed E-state index contributed by atoms with van der Waals surface area (Å²) in [5, 5.41) is 11.9. The van der Waals surface area contributed by atoms with E-state index in [-0.39, 0.29) is 11.2 Å². The highest BCUT2D eigenvalue weighted by atomic mass is 16.5. The summed E-state index contributed by atoms with van der Waals surface area (Å²) in [4.78, 5) is 14.2. The van der Waals surface area contributed by atoms with Gasteiger partial charge in [0.15, 0.2) is 0 Å². The number of hydrogen-bond donors (Lipinski definition) is 1. The molecular weight excluding hydrogens is 184 g/mol. The Morgan fingerprint density at radius 3 is 2.57 bits per heavy atom. The van der Waals surface area contributed by atoms with Crippen molar-refractivity contribution >= 4 is 5.97 Å². The summed E-state index contributed by atoms with van der Waals surface area (Å²) in [7, 11) is 0. The van der Waals surface area contributed by atoms with E-state index >= 15 is 0 Å². The SMILES string of the molecule is CC(C)(C)CCc1nc(C(=O)O)no1. The Morgan fingerprint density at radius 1 is 1.50 bits per heavy atom. The molecule has 0 fully saturated rings. The van der Waals surface area contributed by atoms with Crippen molar-refractivity contribution in [2.45, 2.75) is 33.6 Å². The van der Waals surface area contributed by atoms with Crippen molar-refractivity contribution in [3.8, 4) is 0 Å². The van der Waals surface area contributed by atoms with Gasteiger partial charge in [0.2, 0.25) is 5.89 Å². The number of carboxylic acids is 1. The lowest BCUT2D eigenvalue weighted by atomic mass is 9.91. The van der Waals surface area contributed by atoms with Crippen LogP contribution in [0.4, 0.5) is 0 Å². The minimum atomic E-state index is -1.16. The van der Waals surface area contributed by atoms with Crippen molar-refractivity contribution in [2.75, 3.05) is 0 Å². The number of hydrogen-bond acceptors (Lipinski definition) is 4. The van der Waals surface area contributed by atoms with Crippen LogP contribution in [0.3, 0.4) is 0 Å². The van der Waals surface area contributed by atoms with Gasteiger partial charge < -0.3 is 9.63 Å². The van der Waals surface area contributed by atoms with Crippen LogP contribution < -0.4 is 0 Å². The number of carbonyl (C=O) groups is 1. The Hall–Kier alpha value is -1.39. The predicted molar refractivity (Wildman–Crippen MR) is 49.0 cm³/mol. The molecule has 0 unspecified atom stereocenters. The average molecular weight is 198 g/mol. The maximum atomic E-state index is 10.4. The van der Waals surface area contributed by atoms with Crippen molar-refractivity contribution in [2.24, 2.45) is 5.41 Å². The highest BCUT2D eigenvalue weighted by molar-refractivity contribution is 5.82. The lowest BCUT2D eigenvalue weighted by Crippen LogP contribution is -2.06. The molecule has 0 aliphatic heterocycles. The van der Waals surface area contributed by atoms with Gasteiger partial charge in [-0.1, -0.05) is 20.8 Å². The van der Waals surface area contributed by atoms with Crippen LogP contribution in [0.5, 0.6) is 0 Å². The Morgan fingerprint density at radius 2 is 2.14 bits per heavy atom. The number of rotatable bonds is 3. The van der Waals surface area contributed by atoms with Crippen LogP contribution in [-0.4, -0.2) is 21.2 Å². The summed E-state index contributed by atoms with van der Waals surface area (Å²) in [6.45, 7) is 6.30. The molecule has 78 valence electrons. The van der Waals surface area contributed by atoms with E-state index in [1.165, 1.54) is 0 Å². The van der Waals surface area contributed by atoms with E-state index in [0.29, 0.717) is 12.3 Å². The predicted octanol–water partition coefficient (Wildman–Crippen LogP) is 1.75. The largest absolute Gasteiger partial charge is 0.475 e. The molecule has 1 rings (SSSR count). The van der Waals surface area contributed by atoms with Gasteiger partial charge in [-0.3, -0.25) is 0 Å². The Balaban J connectivity index is 2.56. The van der Waals surface area contributed by atoms with Crippen LogP contribution in [0.15, 0.2) is 4.52 Å². The summed E-state index contributed by atoms with van der Waals surface area (Å²) < 4.78 is 4.78. The Kier molecular flexibility index (Phi) is 2.88. The van der Waals surface area contributed by atoms with Gasteiger partial charge in [0, 0.05) is 6.42 Å². The fraction of sp³-hybridized carbons (Fsp3) is 0.667. The van der Waals surface area contributed by atoms with Crippen LogP contribution in [0.2, 0.25) is 0 Å². The first kappa shape index (κ1) is 10.7. The van der Waals surface area contributed by atoms with Crippen molar-refractivity contribution in [1.29, 1.82) is 0 Å². The van der Waals surface area contributed by atoms with Crippen LogP contribution in [-0.2, 0) is 6.42 Å². The van der Waals surface area contributed by atoms with Crippen molar-refractivity contribution in [3.63, 3.8) is 0 Å². The monoisotopic (exact) mass is 198 g/mol. The molecule has 0 saturated heterocycles. The van der Waals surface area contributed by atoms with Gasteiger partial charge in [0.25, 0.3) is 5.82 Å². The van der Waals surface area contributed by atoms with Crippen LogP contribution >= 0.6 is 0 Å². The van der Waals surface area contributed by atoms with Gasteiger partial charge in [-0.2, -0.15) is 4.98 Å². The molecule has 0 saturated carbocycles. The number of nitrogens with zero attached hydrogens (tertiary/aromatic N) is 2. The standard InChI is InChI=1S/C9H14N2O3/c1-9(2,3)5-4-6-10-7(8(12)13)11-14-6/h4-5H2,1-3H3,(H,12,13). The van der Waals surface area contributed by atoms with Gasteiger partial charge >= 0.3 is 5.97 Å². The molecule has 1 aromatic heterocycles. The molecule has 0 amide bonds. The zero-order valence-electron chi connectivity index (χ0n) is 8.57. The fourth-order valence-electron chi connectivity index (χ4n) is 0.925. The van der Waals surface area contributed by atoms with Crippen molar-refractivity contribution in [3.05, 3.63) is 11.7 Å². The molecule has 1 N–H and O–H groups in total.